The van der Waals surface area contributed by atoms with Crippen LogP contribution in [0.2, 0.25) is 5.02 Å². The number of halogens is 2. The molecule has 0 saturated carbocycles. The first-order chi connectivity index (χ1) is 9.88. The quantitative estimate of drug-likeness (QED) is 0.704. The maximum atomic E-state index is 12.1. The Hall–Kier alpha value is -1.63. The molecule has 0 spiro atoms. The molecule has 0 heterocycles. The standard InChI is InChI=1S/C14H10BrClN2O2S/c15-9-3-1-8(6-12(9)19)14(20)18-11-4-2-7(13(17)21)5-10(11)16/h1-6,19H,(H2,17,21)(H,18,20). The van der Waals surface area contributed by atoms with E-state index in [-0.39, 0.29) is 16.6 Å². The van der Waals surface area contributed by atoms with Crippen LogP contribution in [0.25, 0.3) is 0 Å². The Bertz CT molecular complexity index is 737. The number of phenolic OH excluding ortho intramolecular Hbond substituents is 1. The molecule has 4 nitrogen and oxygen atoms in total. The van der Waals surface area contributed by atoms with Crippen LogP contribution in [0.3, 0.4) is 0 Å². The van der Waals surface area contributed by atoms with Gasteiger partial charge in [-0.1, -0.05) is 23.8 Å². The molecular weight excluding hydrogens is 376 g/mol. The molecular formula is C14H10BrClN2O2S. The number of anilines is 1. The summed E-state index contributed by atoms with van der Waals surface area (Å²) in [5, 5.41) is 12.6. The second-order valence-corrected chi connectivity index (χ2v) is 5.88. The van der Waals surface area contributed by atoms with E-state index in [1.807, 2.05) is 0 Å². The normalized spacial score (nSPS) is 10.2. The molecule has 0 atom stereocenters. The fourth-order valence-corrected chi connectivity index (χ4v) is 2.22. The highest BCUT2D eigenvalue weighted by Crippen LogP contribution is 2.26. The molecule has 0 fully saturated rings. The number of carbonyl (C=O) groups is 1. The van der Waals surface area contributed by atoms with Gasteiger partial charge in [-0.25, -0.2) is 0 Å². The van der Waals surface area contributed by atoms with Crippen LogP contribution >= 0.6 is 39.7 Å². The molecule has 0 radical (unpaired) electrons. The minimum atomic E-state index is -0.386. The Kier molecular flexibility index (Phi) is 4.82. The monoisotopic (exact) mass is 384 g/mol. The van der Waals surface area contributed by atoms with Gasteiger partial charge in [-0.15, -0.1) is 0 Å². The van der Waals surface area contributed by atoms with Gasteiger partial charge in [0.2, 0.25) is 0 Å². The summed E-state index contributed by atoms with van der Waals surface area (Å²) >= 11 is 14.1. The predicted molar refractivity (Wildman–Crippen MR) is 91.1 cm³/mol. The van der Waals surface area contributed by atoms with Crippen LogP contribution in [-0.2, 0) is 0 Å². The van der Waals surface area contributed by atoms with Crippen molar-refractivity contribution in [2.75, 3.05) is 5.32 Å². The van der Waals surface area contributed by atoms with Gasteiger partial charge in [0.25, 0.3) is 5.91 Å². The van der Waals surface area contributed by atoms with Crippen molar-refractivity contribution in [3.05, 3.63) is 57.0 Å². The number of phenols is 1. The Labute approximate surface area is 140 Å². The number of thiocarbonyl (C=S) groups is 1. The van der Waals surface area contributed by atoms with Gasteiger partial charge in [-0.2, -0.15) is 0 Å². The summed E-state index contributed by atoms with van der Waals surface area (Å²) < 4.78 is 0.512. The van der Waals surface area contributed by atoms with E-state index in [1.165, 1.54) is 6.07 Å². The van der Waals surface area contributed by atoms with Crippen LogP contribution in [0.1, 0.15) is 15.9 Å². The molecule has 2 rings (SSSR count). The topological polar surface area (TPSA) is 75.3 Å². The van der Waals surface area contributed by atoms with Crippen LogP contribution in [-0.4, -0.2) is 16.0 Å². The number of carbonyl (C=O) groups excluding carboxylic acids is 1. The van der Waals surface area contributed by atoms with Gasteiger partial charge in [-0.05, 0) is 52.3 Å². The predicted octanol–water partition coefficient (Wildman–Crippen LogP) is 3.69. The van der Waals surface area contributed by atoms with Crippen molar-refractivity contribution < 1.29 is 9.90 Å². The largest absolute Gasteiger partial charge is 0.507 e. The molecule has 0 bridgehead atoms. The van der Waals surface area contributed by atoms with Gasteiger partial charge in [0.05, 0.1) is 15.2 Å². The van der Waals surface area contributed by atoms with Crippen molar-refractivity contribution >= 4 is 56.3 Å². The van der Waals surface area contributed by atoms with E-state index in [0.29, 0.717) is 26.3 Å². The maximum Gasteiger partial charge on any atom is 0.255 e. The number of nitrogens with two attached hydrogens (primary N) is 1. The number of amides is 1. The van der Waals surface area contributed by atoms with E-state index >= 15 is 0 Å². The van der Waals surface area contributed by atoms with Gasteiger partial charge < -0.3 is 16.2 Å². The van der Waals surface area contributed by atoms with Crippen LogP contribution in [0.15, 0.2) is 40.9 Å². The van der Waals surface area contributed by atoms with Gasteiger partial charge in [0, 0.05) is 11.1 Å². The number of aromatic hydroxyl groups is 1. The lowest BCUT2D eigenvalue weighted by Crippen LogP contribution is -2.13. The summed E-state index contributed by atoms with van der Waals surface area (Å²) in [6.07, 6.45) is 0. The van der Waals surface area contributed by atoms with E-state index < -0.39 is 0 Å². The summed E-state index contributed by atoms with van der Waals surface area (Å²) in [5.41, 5.74) is 6.87. The van der Waals surface area contributed by atoms with Crippen LogP contribution in [0, 0.1) is 0 Å². The lowest BCUT2D eigenvalue weighted by Gasteiger charge is -2.09. The number of benzene rings is 2. The molecule has 0 saturated heterocycles. The third-order valence-corrected chi connectivity index (χ3v) is 3.93. The summed E-state index contributed by atoms with van der Waals surface area (Å²) in [6, 6.07) is 9.39. The first-order valence-electron chi connectivity index (χ1n) is 5.77. The fourth-order valence-electron chi connectivity index (χ4n) is 1.62. The zero-order valence-corrected chi connectivity index (χ0v) is 13.7. The van der Waals surface area contributed by atoms with E-state index in [2.05, 4.69) is 21.2 Å². The van der Waals surface area contributed by atoms with Crippen molar-refractivity contribution in [3.8, 4) is 5.75 Å². The number of hydrogen-bond acceptors (Lipinski definition) is 3. The average Bonchev–Trinajstić information content (AvgIpc) is 2.43. The van der Waals surface area contributed by atoms with Crippen molar-refractivity contribution in [3.63, 3.8) is 0 Å². The van der Waals surface area contributed by atoms with Gasteiger partial charge in [-0.3, -0.25) is 4.79 Å². The third-order valence-electron chi connectivity index (χ3n) is 2.71. The van der Waals surface area contributed by atoms with Gasteiger partial charge >= 0.3 is 0 Å². The Morgan fingerprint density at radius 3 is 2.48 bits per heavy atom. The molecule has 108 valence electrons. The summed E-state index contributed by atoms with van der Waals surface area (Å²) in [5.74, 6) is -0.402. The Morgan fingerprint density at radius 1 is 1.24 bits per heavy atom. The molecule has 1 amide bonds. The molecule has 0 unspecified atom stereocenters. The van der Waals surface area contributed by atoms with Crippen LogP contribution in [0.5, 0.6) is 5.75 Å². The van der Waals surface area contributed by atoms with E-state index in [0.717, 1.165) is 0 Å². The maximum absolute atomic E-state index is 12.1. The van der Waals surface area contributed by atoms with Gasteiger partial charge in [0.15, 0.2) is 0 Å². The van der Waals surface area contributed by atoms with Crippen molar-refractivity contribution in [1.29, 1.82) is 0 Å². The van der Waals surface area contributed by atoms with E-state index in [9.17, 15) is 9.90 Å². The number of nitrogens with one attached hydrogen (secondary N) is 1. The second kappa shape index (κ2) is 6.43. The average molecular weight is 386 g/mol. The molecule has 4 N–H and O–H groups in total. The zero-order chi connectivity index (χ0) is 15.6. The first-order valence-corrected chi connectivity index (χ1v) is 7.35. The van der Waals surface area contributed by atoms with E-state index in [4.69, 9.17) is 29.6 Å². The fraction of sp³-hybridized carbons (Fsp3) is 0. The molecule has 0 aliphatic heterocycles. The third kappa shape index (κ3) is 3.72. The number of rotatable bonds is 3. The zero-order valence-electron chi connectivity index (χ0n) is 10.6. The Morgan fingerprint density at radius 2 is 1.90 bits per heavy atom. The number of hydrogen-bond donors (Lipinski definition) is 3. The molecule has 21 heavy (non-hydrogen) atoms. The molecule has 2 aromatic rings. The minimum absolute atomic E-state index is 0.0161. The van der Waals surface area contributed by atoms with Crippen LogP contribution in [0.4, 0.5) is 5.69 Å². The highest BCUT2D eigenvalue weighted by atomic mass is 79.9. The Balaban J connectivity index is 2.23. The molecule has 0 aliphatic rings. The highest BCUT2D eigenvalue weighted by Gasteiger charge is 2.11. The summed E-state index contributed by atoms with van der Waals surface area (Å²) in [7, 11) is 0. The summed E-state index contributed by atoms with van der Waals surface area (Å²) in [4.78, 5) is 12.3. The van der Waals surface area contributed by atoms with Crippen molar-refractivity contribution in [2.24, 2.45) is 5.73 Å². The highest BCUT2D eigenvalue weighted by molar-refractivity contribution is 9.10. The molecule has 7 heteroatoms. The lowest BCUT2D eigenvalue weighted by molar-refractivity contribution is 0.102. The van der Waals surface area contributed by atoms with Crippen LogP contribution < -0.4 is 11.1 Å². The SMILES string of the molecule is NC(=S)c1ccc(NC(=O)c2ccc(Br)c(O)c2)c(Cl)c1. The second-order valence-electron chi connectivity index (χ2n) is 4.18. The minimum Gasteiger partial charge on any atom is -0.507 e. The smallest absolute Gasteiger partial charge is 0.255 e. The van der Waals surface area contributed by atoms with Crippen molar-refractivity contribution in [2.45, 2.75) is 0 Å². The van der Waals surface area contributed by atoms with Gasteiger partial charge in [0.1, 0.15) is 10.7 Å². The van der Waals surface area contributed by atoms with Crippen molar-refractivity contribution in [1.82, 2.24) is 0 Å². The summed E-state index contributed by atoms with van der Waals surface area (Å²) in [6.45, 7) is 0. The molecule has 0 aliphatic carbocycles. The lowest BCUT2D eigenvalue weighted by atomic mass is 10.1. The van der Waals surface area contributed by atoms with E-state index in [1.54, 1.807) is 30.3 Å². The first kappa shape index (κ1) is 15.8. The molecule has 0 aromatic heterocycles. The molecule has 2 aromatic carbocycles.